The molecule has 0 unspecified atom stereocenters. The molecule has 24 heavy (non-hydrogen) atoms. The summed E-state index contributed by atoms with van der Waals surface area (Å²) in [6.45, 7) is 1.58. The Morgan fingerprint density at radius 1 is 1.08 bits per heavy atom. The Labute approximate surface area is 145 Å². The van der Waals surface area contributed by atoms with Crippen LogP contribution >= 0.6 is 11.6 Å². The molecule has 0 heterocycles. The van der Waals surface area contributed by atoms with E-state index < -0.39 is 12.1 Å². The van der Waals surface area contributed by atoms with Crippen molar-refractivity contribution >= 4 is 29.0 Å². The topological polar surface area (TPSA) is 69.4 Å². The van der Waals surface area contributed by atoms with Crippen LogP contribution in [0.15, 0.2) is 36.4 Å². The van der Waals surface area contributed by atoms with Crippen molar-refractivity contribution in [3.63, 3.8) is 0 Å². The highest BCUT2D eigenvalue weighted by molar-refractivity contribution is 6.33. The van der Waals surface area contributed by atoms with Crippen LogP contribution in [0.25, 0.3) is 0 Å². The van der Waals surface area contributed by atoms with Crippen LogP contribution in [0.1, 0.15) is 45.2 Å². The molecule has 0 spiro atoms. The summed E-state index contributed by atoms with van der Waals surface area (Å²) in [5, 5.41) is 0.369. The van der Waals surface area contributed by atoms with Gasteiger partial charge in [0, 0.05) is 5.56 Å². The van der Waals surface area contributed by atoms with Crippen molar-refractivity contribution in [3.05, 3.63) is 63.7 Å². The summed E-state index contributed by atoms with van der Waals surface area (Å²) in [5.41, 5.74) is 9.34. The molecule has 3 rings (SSSR count). The summed E-state index contributed by atoms with van der Waals surface area (Å²) in [6, 6.07) is 10.2. The summed E-state index contributed by atoms with van der Waals surface area (Å²) in [5.74, 6) is -0.805. The predicted molar refractivity (Wildman–Crippen MR) is 93.5 cm³/mol. The maximum absolute atomic E-state index is 12.5. The van der Waals surface area contributed by atoms with Gasteiger partial charge in [0.05, 0.1) is 16.3 Å². The quantitative estimate of drug-likeness (QED) is 0.520. The second-order valence-electron chi connectivity index (χ2n) is 5.99. The Balaban J connectivity index is 1.71. The van der Waals surface area contributed by atoms with Crippen molar-refractivity contribution in [2.45, 2.75) is 32.3 Å². The van der Waals surface area contributed by atoms with Gasteiger partial charge in [-0.2, -0.15) is 0 Å². The Kier molecular flexibility index (Phi) is 4.58. The second-order valence-corrected chi connectivity index (χ2v) is 6.39. The number of hydrogen-bond donors (Lipinski definition) is 1. The molecule has 0 aromatic heterocycles. The first-order valence-electron chi connectivity index (χ1n) is 7.87. The van der Waals surface area contributed by atoms with Crippen LogP contribution in [0.2, 0.25) is 5.02 Å². The fourth-order valence-electron chi connectivity index (χ4n) is 2.91. The van der Waals surface area contributed by atoms with Crippen molar-refractivity contribution in [1.29, 1.82) is 0 Å². The van der Waals surface area contributed by atoms with E-state index in [0.717, 1.165) is 19.3 Å². The van der Waals surface area contributed by atoms with Gasteiger partial charge in [0.2, 0.25) is 5.78 Å². The zero-order chi connectivity index (χ0) is 17.3. The molecule has 2 N–H and O–H groups in total. The smallest absolute Gasteiger partial charge is 0.338 e. The number of Topliss-reactive ketones (excluding diaryl/α,β-unsaturated/α-hetero) is 1. The van der Waals surface area contributed by atoms with Gasteiger partial charge in [-0.05, 0) is 61.6 Å². The number of halogens is 1. The summed E-state index contributed by atoms with van der Waals surface area (Å²) in [4.78, 5) is 24.7. The van der Waals surface area contributed by atoms with E-state index in [1.807, 2.05) is 12.1 Å². The van der Waals surface area contributed by atoms with Crippen LogP contribution in [0.3, 0.4) is 0 Å². The van der Waals surface area contributed by atoms with Crippen molar-refractivity contribution in [2.24, 2.45) is 0 Å². The van der Waals surface area contributed by atoms with Gasteiger partial charge in [0.15, 0.2) is 6.10 Å². The van der Waals surface area contributed by atoms with E-state index in [9.17, 15) is 9.59 Å². The number of carbonyl (C=O) groups excluding carboxylic acids is 2. The fourth-order valence-corrected chi connectivity index (χ4v) is 3.03. The largest absolute Gasteiger partial charge is 0.451 e. The highest BCUT2D eigenvalue weighted by Crippen LogP contribution is 2.24. The number of carbonyl (C=O) groups is 2. The molecule has 0 saturated carbocycles. The van der Waals surface area contributed by atoms with E-state index >= 15 is 0 Å². The number of nitrogens with two attached hydrogens (primary N) is 1. The van der Waals surface area contributed by atoms with Crippen LogP contribution in [0.4, 0.5) is 5.69 Å². The first-order chi connectivity index (χ1) is 11.5. The number of nitrogen functional groups attached to an aromatic ring is 1. The number of ketones is 1. The summed E-state index contributed by atoms with van der Waals surface area (Å²) in [6.07, 6.45) is 2.31. The van der Waals surface area contributed by atoms with Crippen molar-refractivity contribution in [2.75, 3.05) is 5.73 Å². The molecule has 0 aliphatic heterocycles. The van der Waals surface area contributed by atoms with E-state index in [1.54, 1.807) is 13.0 Å². The number of aryl methyl sites for hydroxylation is 2. The highest BCUT2D eigenvalue weighted by atomic mass is 35.5. The standard InChI is InChI=1S/C19H18ClNO3/c1-11(24-19(23)15-7-8-16(20)17(21)10-15)18(22)14-6-5-12-3-2-4-13(12)9-14/h5-11H,2-4,21H2,1H3/t11-/m1/s1. The number of ether oxygens (including phenoxy) is 1. The summed E-state index contributed by atoms with van der Waals surface area (Å²) in [7, 11) is 0. The highest BCUT2D eigenvalue weighted by Gasteiger charge is 2.22. The van der Waals surface area contributed by atoms with E-state index in [1.165, 1.54) is 29.3 Å². The van der Waals surface area contributed by atoms with Gasteiger partial charge >= 0.3 is 5.97 Å². The fraction of sp³-hybridized carbons (Fsp3) is 0.263. The molecule has 1 aliphatic rings. The third-order valence-electron chi connectivity index (χ3n) is 4.27. The molecule has 0 saturated heterocycles. The van der Waals surface area contributed by atoms with Crippen LogP contribution in [-0.4, -0.2) is 17.9 Å². The number of hydrogen-bond acceptors (Lipinski definition) is 4. The Hall–Kier alpha value is -2.33. The molecular weight excluding hydrogens is 326 g/mol. The van der Waals surface area contributed by atoms with Crippen molar-refractivity contribution < 1.29 is 14.3 Å². The van der Waals surface area contributed by atoms with Crippen LogP contribution in [0.5, 0.6) is 0 Å². The van der Waals surface area contributed by atoms with Gasteiger partial charge in [-0.1, -0.05) is 23.7 Å². The lowest BCUT2D eigenvalue weighted by Crippen LogP contribution is -2.24. The lowest BCUT2D eigenvalue weighted by molar-refractivity contribution is 0.0319. The zero-order valence-electron chi connectivity index (χ0n) is 13.3. The second kappa shape index (κ2) is 6.65. The maximum Gasteiger partial charge on any atom is 0.338 e. The summed E-state index contributed by atoms with van der Waals surface area (Å²) < 4.78 is 5.28. The Morgan fingerprint density at radius 3 is 2.54 bits per heavy atom. The third-order valence-corrected chi connectivity index (χ3v) is 4.61. The van der Waals surface area contributed by atoms with E-state index in [-0.39, 0.29) is 11.3 Å². The third kappa shape index (κ3) is 3.29. The Morgan fingerprint density at radius 2 is 1.79 bits per heavy atom. The monoisotopic (exact) mass is 343 g/mol. The predicted octanol–water partition coefficient (Wildman–Crippen LogP) is 3.84. The van der Waals surface area contributed by atoms with E-state index in [4.69, 9.17) is 22.1 Å². The normalized spacial score (nSPS) is 14.1. The van der Waals surface area contributed by atoms with Gasteiger partial charge in [-0.3, -0.25) is 4.79 Å². The minimum absolute atomic E-state index is 0.208. The van der Waals surface area contributed by atoms with Crippen LogP contribution in [0, 0.1) is 0 Å². The lowest BCUT2D eigenvalue weighted by Gasteiger charge is -2.13. The molecule has 2 aromatic carbocycles. The first kappa shape index (κ1) is 16.5. The molecule has 2 aromatic rings. The SMILES string of the molecule is C[C@@H](OC(=O)c1ccc(Cl)c(N)c1)C(=O)c1ccc2c(c1)CCC2. The minimum atomic E-state index is -0.867. The van der Waals surface area contributed by atoms with Crippen LogP contribution in [-0.2, 0) is 17.6 Å². The van der Waals surface area contributed by atoms with Gasteiger partial charge in [-0.15, -0.1) is 0 Å². The summed E-state index contributed by atoms with van der Waals surface area (Å²) >= 11 is 5.84. The van der Waals surface area contributed by atoms with Gasteiger partial charge in [-0.25, -0.2) is 4.79 Å². The molecule has 0 fully saturated rings. The zero-order valence-corrected chi connectivity index (χ0v) is 14.1. The molecule has 124 valence electrons. The molecule has 0 radical (unpaired) electrons. The maximum atomic E-state index is 12.5. The average Bonchev–Trinajstić information content (AvgIpc) is 3.04. The molecule has 4 nitrogen and oxygen atoms in total. The number of fused-ring (bicyclic) bond motifs is 1. The van der Waals surface area contributed by atoms with Gasteiger partial charge in [0.25, 0.3) is 0 Å². The Bertz CT molecular complexity index is 816. The number of benzene rings is 2. The number of rotatable bonds is 4. The van der Waals surface area contributed by atoms with Crippen molar-refractivity contribution in [1.82, 2.24) is 0 Å². The van der Waals surface area contributed by atoms with Crippen LogP contribution < -0.4 is 5.73 Å². The molecule has 1 aliphatic carbocycles. The van der Waals surface area contributed by atoms with Gasteiger partial charge in [0.1, 0.15) is 0 Å². The number of esters is 1. The van der Waals surface area contributed by atoms with Crippen molar-refractivity contribution in [3.8, 4) is 0 Å². The first-order valence-corrected chi connectivity index (χ1v) is 8.25. The minimum Gasteiger partial charge on any atom is -0.451 e. The number of anilines is 1. The molecule has 1 atom stereocenters. The molecule has 0 amide bonds. The van der Waals surface area contributed by atoms with Gasteiger partial charge < -0.3 is 10.5 Å². The molecule has 5 heteroatoms. The molecular formula is C19H18ClNO3. The average molecular weight is 344 g/mol. The molecule has 0 bridgehead atoms. The van der Waals surface area contributed by atoms with E-state index in [0.29, 0.717) is 16.3 Å². The lowest BCUT2D eigenvalue weighted by atomic mass is 10.0. The van der Waals surface area contributed by atoms with E-state index in [2.05, 4.69) is 0 Å².